The minimum atomic E-state index is -0.461. The van der Waals surface area contributed by atoms with Crippen molar-refractivity contribution >= 4 is 44.3 Å². The second kappa shape index (κ2) is 10.1. The summed E-state index contributed by atoms with van der Waals surface area (Å²) in [6.45, 7) is 6.87. The van der Waals surface area contributed by atoms with Gasteiger partial charge < -0.3 is 0 Å². The summed E-state index contributed by atoms with van der Waals surface area (Å²) in [5.41, 5.74) is 7.77. The van der Waals surface area contributed by atoms with Crippen molar-refractivity contribution in [1.82, 2.24) is 0 Å². The fourth-order valence-electron chi connectivity index (χ4n) is 8.01. The van der Waals surface area contributed by atoms with Crippen LogP contribution in [0.25, 0.3) is 21.5 Å². The highest BCUT2D eigenvalue weighted by molar-refractivity contribution is 6.07. The van der Waals surface area contributed by atoms with E-state index >= 15 is 0 Å². The first-order chi connectivity index (χ1) is 21.1. The summed E-state index contributed by atoms with van der Waals surface area (Å²) in [6.07, 6.45) is 7.21. The number of hydrogen-bond donors (Lipinski definition) is 1. The smallest absolute Gasteiger partial charge is 0.272 e. The molecule has 0 saturated heterocycles. The number of quaternary nitrogens is 1. The Labute approximate surface area is 258 Å². The van der Waals surface area contributed by atoms with Crippen LogP contribution in [0.3, 0.4) is 0 Å². The Bertz CT molecular complexity index is 2100. The summed E-state index contributed by atoms with van der Waals surface area (Å²) in [5.74, 6) is 0. The average molecular weight is 580 g/mol. The third kappa shape index (κ3) is 4.07. The molecule has 2 aliphatic rings. The topological polar surface area (TPSA) is 50.6 Å². The molecule has 0 amide bonds. The molecule has 5 aromatic rings. The molecule has 5 heteroatoms. The van der Waals surface area contributed by atoms with E-state index in [0.29, 0.717) is 6.42 Å². The number of para-hydroxylation sites is 1. The molecule has 0 bridgehead atoms. The number of hydrogen-bond acceptors (Lipinski definition) is 2. The molecule has 1 N–H and O–H groups in total. The number of nitrogens with one attached hydrogen (secondary N) is 1. The average Bonchev–Trinajstić information content (AvgIpc) is 3.35. The van der Waals surface area contributed by atoms with Gasteiger partial charge >= 0.3 is 0 Å². The summed E-state index contributed by atoms with van der Waals surface area (Å²) >= 11 is 0. The molecule has 0 aliphatic carbocycles. The van der Waals surface area contributed by atoms with Gasteiger partial charge in [-0.3, -0.25) is 15.0 Å². The number of rotatable bonds is 5. The lowest BCUT2D eigenvalue weighted by Crippen LogP contribution is -3.01. The van der Waals surface area contributed by atoms with Gasteiger partial charge in [0.25, 0.3) is 5.69 Å². The lowest BCUT2D eigenvalue weighted by atomic mass is 9.74. The number of allylic oxidation sites excluding steroid dienone is 4. The second-order valence-electron chi connectivity index (χ2n) is 12.9. The Kier molecular flexibility index (Phi) is 6.41. The van der Waals surface area contributed by atoms with E-state index in [-0.39, 0.29) is 16.0 Å². The molecule has 0 radical (unpaired) electrons. The fraction of sp³-hybridized carbons (Fsp3) is 0.205. The summed E-state index contributed by atoms with van der Waals surface area (Å²) in [4.78, 5) is 13.0. The molecule has 218 valence electrons. The van der Waals surface area contributed by atoms with Gasteiger partial charge in [0, 0.05) is 41.0 Å². The first-order valence-electron chi connectivity index (χ1n) is 15.2. The van der Waals surface area contributed by atoms with Crippen molar-refractivity contribution in [3.63, 3.8) is 0 Å². The van der Waals surface area contributed by atoms with E-state index in [1.54, 1.807) is 12.1 Å². The molecule has 0 fully saturated rings. The molecule has 2 unspecified atom stereocenters. The van der Waals surface area contributed by atoms with Crippen molar-refractivity contribution in [3.8, 4) is 0 Å². The minimum Gasteiger partial charge on any atom is -0.275 e. The normalized spacial score (nSPS) is 21.5. The van der Waals surface area contributed by atoms with Crippen LogP contribution >= 0.6 is 0 Å². The van der Waals surface area contributed by atoms with Crippen molar-refractivity contribution in [2.45, 2.75) is 38.0 Å². The summed E-state index contributed by atoms with van der Waals surface area (Å²) in [6, 6.07) is 33.1. The Morgan fingerprint density at radius 3 is 2.14 bits per heavy atom. The largest absolute Gasteiger partial charge is 0.275 e. The van der Waals surface area contributed by atoms with Crippen molar-refractivity contribution < 1.29 is 14.4 Å². The Morgan fingerprint density at radius 1 is 0.818 bits per heavy atom. The molecule has 2 heterocycles. The van der Waals surface area contributed by atoms with Crippen LogP contribution < -0.4 is 4.90 Å². The predicted molar refractivity (Wildman–Crippen MR) is 180 cm³/mol. The molecule has 2 atom stereocenters. The molecule has 7 rings (SSSR count). The zero-order chi connectivity index (χ0) is 30.8. The van der Waals surface area contributed by atoms with Gasteiger partial charge in [-0.15, -0.1) is 0 Å². The molecular weight excluding hydrogens is 542 g/mol. The quantitative estimate of drug-likeness (QED) is 0.132. The van der Waals surface area contributed by atoms with E-state index in [2.05, 4.69) is 130 Å². The highest BCUT2D eigenvalue weighted by Crippen LogP contribution is 2.47. The van der Waals surface area contributed by atoms with Gasteiger partial charge in [0.05, 0.1) is 22.8 Å². The standard InChI is InChI=1S/C39H36N3O2/c1-38(2)34(40(4)32-23-21-26-13-6-9-16-29(26)36(32)38)19-12-20-35-39(3,25-28-15-8-11-18-31(28)42(43)44)37-30-17-10-7-14-27(30)22-24-33(37)41(35)5/h6-24H,25H2,1-5H3/q+1/p+1. The van der Waals surface area contributed by atoms with Crippen LogP contribution in [-0.2, 0) is 17.3 Å². The zero-order valence-corrected chi connectivity index (χ0v) is 25.9. The van der Waals surface area contributed by atoms with Gasteiger partial charge in [-0.25, -0.2) is 0 Å². The van der Waals surface area contributed by atoms with Crippen molar-refractivity contribution in [2.75, 3.05) is 14.1 Å². The number of nitrogens with zero attached hydrogens (tertiary/aromatic N) is 2. The molecule has 0 spiro atoms. The number of nitro groups is 1. The van der Waals surface area contributed by atoms with Gasteiger partial charge in [0.2, 0.25) is 5.69 Å². The van der Waals surface area contributed by atoms with Gasteiger partial charge in [0.15, 0.2) is 5.71 Å². The lowest BCUT2D eigenvalue weighted by Gasteiger charge is -2.25. The second-order valence-corrected chi connectivity index (χ2v) is 12.9. The van der Waals surface area contributed by atoms with Crippen LogP contribution in [0.2, 0.25) is 0 Å². The van der Waals surface area contributed by atoms with Crippen LogP contribution in [-0.4, -0.2) is 29.3 Å². The maximum absolute atomic E-state index is 12.1. The molecule has 44 heavy (non-hydrogen) atoms. The molecule has 5 nitrogen and oxygen atoms in total. The van der Waals surface area contributed by atoms with Crippen molar-refractivity contribution in [1.29, 1.82) is 0 Å². The van der Waals surface area contributed by atoms with Crippen molar-refractivity contribution in [3.05, 3.63) is 148 Å². The highest BCUT2D eigenvalue weighted by atomic mass is 16.6. The van der Waals surface area contributed by atoms with Crippen molar-refractivity contribution in [2.24, 2.45) is 0 Å². The Hall–Kier alpha value is -4.87. The monoisotopic (exact) mass is 579 g/mol. The lowest BCUT2D eigenvalue weighted by molar-refractivity contribution is -0.764. The number of nitro benzene ring substituents is 1. The molecule has 2 aliphatic heterocycles. The summed E-state index contributed by atoms with van der Waals surface area (Å²) < 4.78 is 2.32. The molecule has 5 aromatic carbocycles. The van der Waals surface area contributed by atoms with Gasteiger partial charge in [-0.1, -0.05) is 72.8 Å². The Balaban J connectivity index is 1.36. The molecular formula is C39H37N3O2+2. The maximum Gasteiger partial charge on any atom is 0.272 e. The first-order valence-corrected chi connectivity index (χ1v) is 15.2. The van der Waals surface area contributed by atoms with E-state index in [0.717, 1.165) is 5.56 Å². The van der Waals surface area contributed by atoms with Crippen LogP contribution in [0.4, 0.5) is 17.1 Å². The van der Waals surface area contributed by atoms with Crippen LogP contribution in [0.15, 0.2) is 121 Å². The van der Waals surface area contributed by atoms with E-state index in [1.165, 1.54) is 60.4 Å². The third-order valence-electron chi connectivity index (χ3n) is 10.0. The fourth-order valence-corrected chi connectivity index (χ4v) is 8.01. The van der Waals surface area contributed by atoms with Crippen LogP contribution in [0, 0.1) is 10.1 Å². The summed E-state index contributed by atoms with van der Waals surface area (Å²) in [7, 11) is 4.35. The van der Waals surface area contributed by atoms with E-state index in [4.69, 9.17) is 0 Å². The first kappa shape index (κ1) is 27.9. The number of fused-ring (bicyclic) bond motifs is 6. The Morgan fingerprint density at radius 2 is 1.43 bits per heavy atom. The third-order valence-corrected chi connectivity index (χ3v) is 10.0. The van der Waals surface area contributed by atoms with E-state index in [1.807, 2.05) is 12.1 Å². The van der Waals surface area contributed by atoms with Gasteiger partial charge in [-0.05, 0) is 66.9 Å². The highest BCUT2D eigenvalue weighted by Gasteiger charge is 2.49. The summed E-state index contributed by atoms with van der Waals surface area (Å²) in [5, 5.41) is 17.0. The minimum absolute atomic E-state index is 0.171. The van der Waals surface area contributed by atoms with Gasteiger partial charge in [0.1, 0.15) is 18.4 Å². The molecule has 0 aromatic heterocycles. The predicted octanol–water partition coefficient (Wildman–Crippen LogP) is 7.71. The van der Waals surface area contributed by atoms with Crippen LogP contribution in [0.5, 0.6) is 0 Å². The maximum atomic E-state index is 12.1. The van der Waals surface area contributed by atoms with E-state index < -0.39 is 5.41 Å². The van der Waals surface area contributed by atoms with Crippen LogP contribution in [0.1, 0.15) is 37.5 Å². The van der Waals surface area contributed by atoms with E-state index in [9.17, 15) is 10.1 Å². The number of benzene rings is 5. The number of likely N-dealkylation sites (N-methyl/N-ethyl adjacent to an activating group) is 1. The zero-order valence-electron chi connectivity index (χ0n) is 25.9. The SMILES string of the molecule is C[N+]1=C(/C=C/C=C2\[NH+](C)c3ccc4ccccc4c3C2(C)Cc2ccccc2[N+](=O)[O-])C(C)(C)c2c1ccc1ccccc21. The molecule has 0 saturated carbocycles. The van der Waals surface area contributed by atoms with Gasteiger partial charge in [-0.2, -0.15) is 4.58 Å².